The van der Waals surface area contributed by atoms with Gasteiger partial charge in [-0.15, -0.1) is 0 Å². The minimum atomic E-state index is -2.90. The van der Waals surface area contributed by atoms with Crippen molar-refractivity contribution in [3.8, 4) is 5.75 Å². The Balaban J connectivity index is 2.12. The maximum absolute atomic E-state index is 11.6. The molecule has 5 heteroatoms. The molecule has 1 aromatic carbocycles. The van der Waals surface area contributed by atoms with E-state index in [1.807, 2.05) is 24.3 Å². The third kappa shape index (κ3) is 3.03. The van der Waals surface area contributed by atoms with E-state index in [1.54, 1.807) is 7.11 Å². The molecule has 1 saturated heterocycles. The topological polar surface area (TPSA) is 69.4 Å². The molecule has 0 saturated carbocycles. The van der Waals surface area contributed by atoms with E-state index in [-0.39, 0.29) is 17.7 Å². The van der Waals surface area contributed by atoms with Gasteiger partial charge in [0, 0.05) is 6.04 Å². The van der Waals surface area contributed by atoms with E-state index in [0.29, 0.717) is 5.75 Å². The maximum atomic E-state index is 11.6. The number of rotatable bonds is 3. The highest BCUT2D eigenvalue weighted by molar-refractivity contribution is 7.91. The standard InChI is InChI=1S/C13H19NO3S/c1-17-12-6-4-10(5-7-12)13(14)11-3-2-8-18(15,16)9-11/h4-7,11,13H,2-3,8-9,14H2,1H3. The molecule has 1 fully saturated rings. The molecule has 1 aliphatic heterocycles. The van der Waals surface area contributed by atoms with Gasteiger partial charge in [-0.3, -0.25) is 0 Å². The van der Waals surface area contributed by atoms with E-state index in [9.17, 15) is 8.42 Å². The number of benzene rings is 1. The Bertz CT molecular complexity index is 495. The lowest BCUT2D eigenvalue weighted by molar-refractivity contribution is 0.408. The van der Waals surface area contributed by atoms with Crippen LogP contribution in [-0.4, -0.2) is 27.0 Å². The Morgan fingerprint density at radius 1 is 1.33 bits per heavy atom. The number of sulfone groups is 1. The van der Waals surface area contributed by atoms with E-state index in [4.69, 9.17) is 10.5 Å². The maximum Gasteiger partial charge on any atom is 0.150 e. The van der Waals surface area contributed by atoms with Gasteiger partial charge in [0.05, 0.1) is 18.6 Å². The van der Waals surface area contributed by atoms with E-state index in [2.05, 4.69) is 0 Å². The molecule has 4 nitrogen and oxygen atoms in total. The summed E-state index contributed by atoms with van der Waals surface area (Å²) in [6, 6.07) is 7.31. The zero-order valence-corrected chi connectivity index (χ0v) is 11.3. The molecular formula is C13H19NO3S. The molecule has 0 amide bonds. The fourth-order valence-corrected chi connectivity index (χ4v) is 4.24. The second-order valence-electron chi connectivity index (χ2n) is 4.82. The fourth-order valence-electron chi connectivity index (χ4n) is 2.44. The minimum Gasteiger partial charge on any atom is -0.497 e. The highest BCUT2D eigenvalue weighted by Crippen LogP contribution is 2.29. The van der Waals surface area contributed by atoms with Gasteiger partial charge in [0.2, 0.25) is 0 Å². The molecule has 0 aliphatic carbocycles. The van der Waals surface area contributed by atoms with Crippen molar-refractivity contribution in [3.63, 3.8) is 0 Å². The lowest BCUT2D eigenvalue weighted by Crippen LogP contribution is -2.33. The number of ether oxygens (including phenoxy) is 1. The highest BCUT2D eigenvalue weighted by atomic mass is 32.2. The zero-order valence-electron chi connectivity index (χ0n) is 10.5. The number of methoxy groups -OCH3 is 1. The first-order chi connectivity index (χ1) is 8.52. The number of nitrogens with two attached hydrogens (primary N) is 1. The van der Waals surface area contributed by atoms with E-state index in [0.717, 1.165) is 24.2 Å². The smallest absolute Gasteiger partial charge is 0.150 e. The van der Waals surface area contributed by atoms with Gasteiger partial charge in [0.15, 0.2) is 9.84 Å². The summed E-state index contributed by atoms with van der Waals surface area (Å²) >= 11 is 0. The second-order valence-corrected chi connectivity index (χ2v) is 7.04. The average Bonchev–Trinajstić information content (AvgIpc) is 2.37. The molecule has 18 heavy (non-hydrogen) atoms. The highest BCUT2D eigenvalue weighted by Gasteiger charge is 2.29. The first-order valence-electron chi connectivity index (χ1n) is 6.12. The Kier molecular flexibility index (Phi) is 3.92. The summed E-state index contributed by atoms with van der Waals surface area (Å²) in [6.45, 7) is 0. The van der Waals surface area contributed by atoms with Gasteiger partial charge in [0.1, 0.15) is 5.75 Å². The van der Waals surface area contributed by atoms with Crippen LogP contribution in [0.4, 0.5) is 0 Å². The third-order valence-corrected chi connectivity index (χ3v) is 5.35. The Hall–Kier alpha value is -1.07. The van der Waals surface area contributed by atoms with Crippen LogP contribution in [0.25, 0.3) is 0 Å². The van der Waals surface area contributed by atoms with Crippen LogP contribution in [0.2, 0.25) is 0 Å². The van der Waals surface area contributed by atoms with Gasteiger partial charge in [-0.25, -0.2) is 8.42 Å². The normalized spacial score (nSPS) is 24.4. The first-order valence-corrected chi connectivity index (χ1v) is 7.94. The molecule has 1 aromatic rings. The quantitative estimate of drug-likeness (QED) is 0.903. The van der Waals surface area contributed by atoms with Crippen molar-refractivity contribution in [1.29, 1.82) is 0 Å². The van der Waals surface area contributed by atoms with Crippen LogP contribution >= 0.6 is 0 Å². The van der Waals surface area contributed by atoms with Crippen LogP contribution in [0.1, 0.15) is 24.4 Å². The van der Waals surface area contributed by atoms with Crippen LogP contribution in [0.3, 0.4) is 0 Å². The van der Waals surface area contributed by atoms with Crippen molar-refractivity contribution >= 4 is 9.84 Å². The molecule has 100 valence electrons. The molecule has 2 unspecified atom stereocenters. The summed E-state index contributed by atoms with van der Waals surface area (Å²) in [5, 5.41) is 0. The average molecular weight is 269 g/mol. The van der Waals surface area contributed by atoms with E-state index in [1.165, 1.54) is 0 Å². The van der Waals surface area contributed by atoms with Crippen LogP contribution in [0.15, 0.2) is 24.3 Å². The largest absolute Gasteiger partial charge is 0.497 e. The molecule has 2 N–H and O–H groups in total. The first kappa shape index (κ1) is 13.4. The molecule has 2 rings (SSSR count). The van der Waals surface area contributed by atoms with Crippen molar-refractivity contribution in [3.05, 3.63) is 29.8 Å². The summed E-state index contributed by atoms with van der Waals surface area (Å²) in [4.78, 5) is 0. The Morgan fingerprint density at radius 3 is 2.56 bits per heavy atom. The Labute approximate surface area is 108 Å². The van der Waals surface area contributed by atoms with Crippen molar-refractivity contribution in [1.82, 2.24) is 0 Å². The zero-order chi connectivity index (χ0) is 13.2. The lowest BCUT2D eigenvalue weighted by atomic mass is 9.91. The summed E-state index contributed by atoms with van der Waals surface area (Å²) < 4.78 is 28.3. The van der Waals surface area contributed by atoms with Gasteiger partial charge in [0.25, 0.3) is 0 Å². The van der Waals surface area contributed by atoms with Gasteiger partial charge < -0.3 is 10.5 Å². The summed E-state index contributed by atoms with van der Waals surface area (Å²) in [5.41, 5.74) is 7.15. The van der Waals surface area contributed by atoms with Gasteiger partial charge in [-0.2, -0.15) is 0 Å². The van der Waals surface area contributed by atoms with Gasteiger partial charge in [-0.05, 0) is 36.5 Å². The SMILES string of the molecule is COc1ccc(C(N)C2CCCS(=O)(=O)C2)cc1. The van der Waals surface area contributed by atoms with E-state index < -0.39 is 9.84 Å². The van der Waals surface area contributed by atoms with Gasteiger partial charge in [-0.1, -0.05) is 12.1 Å². The molecular weight excluding hydrogens is 250 g/mol. The lowest BCUT2D eigenvalue weighted by Gasteiger charge is -2.27. The van der Waals surface area contributed by atoms with Crippen molar-refractivity contribution in [2.24, 2.45) is 11.7 Å². The third-order valence-electron chi connectivity index (χ3n) is 3.51. The van der Waals surface area contributed by atoms with Crippen molar-refractivity contribution in [2.45, 2.75) is 18.9 Å². The molecule has 1 aliphatic rings. The minimum absolute atomic E-state index is 0.0251. The summed E-state index contributed by atoms with van der Waals surface area (Å²) in [7, 11) is -1.29. The monoisotopic (exact) mass is 269 g/mol. The van der Waals surface area contributed by atoms with Crippen LogP contribution in [-0.2, 0) is 9.84 Å². The molecule has 0 spiro atoms. The van der Waals surface area contributed by atoms with Crippen molar-refractivity contribution in [2.75, 3.05) is 18.6 Å². The summed E-state index contributed by atoms with van der Waals surface area (Å²) in [6.07, 6.45) is 1.60. The predicted octanol–water partition coefficient (Wildman–Crippen LogP) is 1.52. The molecule has 0 radical (unpaired) electrons. The summed E-state index contributed by atoms with van der Waals surface area (Å²) in [5.74, 6) is 1.32. The predicted molar refractivity (Wildman–Crippen MR) is 71.3 cm³/mol. The van der Waals surface area contributed by atoms with Crippen LogP contribution < -0.4 is 10.5 Å². The fraction of sp³-hybridized carbons (Fsp3) is 0.538. The molecule has 0 bridgehead atoms. The van der Waals surface area contributed by atoms with Crippen LogP contribution in [0.5, 0.6) is 5.75 Å². The van der Waals surface area contributed by atoms with Crippen molar-refractivity contribution < 1.29 is 13.2 Å². The van der Waals surface area contributed by atoms with E-state index >= 15 is 0 Å². The van der Waals surface area contributed by atoms with Gasteiger partial charge >= 0.3 is 0 Å². The number of hydrogen-bond donors (Lipinski definition) is 1. The number of hydrogen-bond acceptors (Lipinski definition) is 4. The molecule has 1 heterocycles. The Morgan fingerprint density at radius 2 is 2.00 bits per heavy atom. The second kappa shape index (κ2) is 5.28. The molecule has 2 atom stereocenters. The molecule has 0 aromatic heterocycles. The van der Waals surface area contributed by atoms with Crippen LogP contribution in [0, 0.1) is 5.92 Å².